The van der Waals surface area contributed by atoms with Gasteiger partial charge in [0.25, 0.3) is 5.91 Å². The molecule has 1 aromatic carbocycles. The lowest BCUT2D eigenvalue weighted by Gasteiger charge is -2.37. The van der Waals surface area contributed by atoms with E-state index in [1.54, 1.807) is 25.7 Å². The number of hydrogen-bond acceptors (Lipinski definition) is 8. The Kier molecular flexibility index (Phi) is 8.93. The highest BCUT2D eigenvalue weighted by molar-refractivity contribution is 6.06. The lowest BCUT2D eigenvalue weighted by molar-refractivity contribution is 0.0168. The van der Waals surface area contributed by atoms with Crippen LogP contribution in [0.4, 0.5) is 21.0 Å². The lowest BCUT2D eigenvalue weighted by Crippen LogP contribution is -2.47. The number of piperidine rings is 1. The Bertz CT molecular complexity index is 982. The molecule has 0 bridgehead atoms. The van der Waals surface area contributed by atoms with Gasteiger partial charge in [0.15, 0.2) is 11.5 Å². The van der Waals surface area contributed by atoms with Crippen LogP contribution in [-0.2, 0) is 9.47 Å². The first-order valence-corrected chi connectivity index (χ1v) is 11.9. The molecule has 0 saturated carbocycles. The summed E-state index contributed by atoms with van der Waals surface area (Å²) in [5.41, 5.74) is 10.6. The second kappa shape index (κ2) is 11.1. The van der Waals surface area contributed by atoms with E-state index in [4.69, 9.17) is 30.4 Å². The summed E-state index contributed by atoms with van der Waals surface area (Å²) in [6, 6.07) is 1.37. The molecule has 1 heterocycles. The van der Waals surface area contributed by atoms with Gasteiger partial charge in [-0.15, -0.1) is 0 Å². The van der Waals surface area contributed by atoms with Gasteiger partial charge in [-0.3, -0.25) is 9.69 Å². The Morgan fingerprint density at radius 3 is 2.17 bits per heavy atom. The van der Waals surface area contributed by atoms with Gasteiger partial charge in [0.1, 0.15) is 16.9 Å². The lowest BCUT2D eigenvalue weighted by atomic mass is 9.97. The van der Waals surface area contributed by atoms with E-state index in [1.807, 2.05) is 20.8 Å². The molecule has 1 fully saturated rings. The monoisotopic (exact) mass is 508 g/mol. The predicted molar refractivity (Wildman–Crippen MR) is 137 cm³/mol. The van der Waals surface area contributed by atoms with Crippen LogP contribution in [0, 0.1) is 5.92 Å². The van der Waals surface area contributed by atoms with Crippen molar-refractivity contribution >= 4 is 29.5 Å². The van der Waals surface area contributed by atoms with Crippen molar-refractivity contribution in [2.75, 3.05) is 44.5 Å². The molecule has 1 unspecified atom stereocenters. The first-order valence-electron chi connectivity index (χ1n) is 11.9. The number of nitrogen functional groups attached to an aromatic ring is 1. The number of nitrogens with zero attached hydrogens (tertiary/aromatic N) is 2. The molecule has 2 rings (SSSR count). The number of carbonyl (C=O) groups excluding carboxylic acids is 3. The maximum atomic E-state index is 13.5. The number of hydrogen-bond donors (Lipinski definition) is 2. The molecule has 0 spiro atoms. The highest BCUT2D eigenvalue weighted by Gasteiger charge is 2.35. The third-order valence-electron chi connectivity index (χ3n) is 5.44. The standard InChI is InChI=1S/C25H40N4O7/c1-24(2,3)35-22(31)28-11-9-10-15(13-28)14-29(23(32)36-25(4,5)6)19-18(26)16(21(27)30)12-17(33-7)20(19)34-8/h12,15H,9-11,13-14,26H2,1-8H3,(H2,27,30). The van der Waals surface area contributed by atoms with Gasteiger partial charge in [-0.2, -0.15) is 0 Å². The third-order valence-corrected chi connectivity index (χ3v) is 5.44. The number of benzene rings is 1. The molecular weight excluding hydrogens is 468 g/mol. The quantitative estimate of drug-likeness (QED) is 0.552. The topological polar surface area (TPSA) is 147 Å². The number of anilines is 2. The van der Waals surface area contributed by atoms with E-state index < -0.39 is 29.3 Å². The molecule has 0 aromatic heterocycles. The van der Waals surface area contributed by atoms with E-state index >= 15 is 0 Å². The van der Waals surface area contributed by atoms with Gasteiger partial charge in [-0.25, -0.2) is 9.59 Å². The van der Waals surface area contributed by atoms with Crippen molar-refractivity contribution in [1.29, 1.82) is 0 Å². The number of carbonyl (C=O) groups is 3. The molecule has 11 heteroatoms. The molecule has 1 saturated heterocycles. The smallest absolute Gasteiger partial charge is 0.415 e. The molecule has 11 nitrogen and oxygen atoms in total. The van der Waals surface area contributed by atoms with Crippen LogP contribution in [0.25, 0.3) is 0 Å². The van der Waals surface area contributed by atoms with E-state index in [-0.39, 0.29) is 40.9 Å². The minimum atomic E-state index is -0.808. The fraction of sp³-hybridized carbons (Fsp3) is 0.640. The van der Waals surface area contributed by atoms with E-state index in [0.29, 0.717) is 13.1 Å². The number of methoxy groups -OCH3 is 2. The van der Waals surface area contributed by atoms with E-state index in [0.717, 1.165) is 12.8 Å². The molecule has 4 N–H and O–H groups in total. The van der Waals surface area contributed by atoms with Crippen molar-refractivity contribution < 1.29 is 33.3 Å². The van der Waals surface area contributed by atoms with Gasteiger partial charge < -0.3 is 35.3 Å². The molecular formula is C25H40N4O7. The Balaban J connectivity index is 2.53. The van der Waals surface area contributed by atoms with E-state index in [2.05, 4.69) is 0 Å². The van der Waals surface area contributed by atoms with Crippen LogP contribution >= 0.6 is 0 Å². The fourth-order valence-corrected chi connectivity index (χ4v) is 4.00. The first kappa shape index (κ1) is 28.9. The van der Waals surface area contributed by atoms with Crippen LogP contribution in [-0.4, -0.2) is 68.0 Å². The Hall–Kier alpha value is -3.37. The van der Waals surface area contributed by atoms with Crippen LogP contribution < -0.4 is 25.8 Å². The van der Waals surface area contributed by atoms with Gasteiger partial charge in [0, 0.05) is 19.6 Å². The zero-order valence-electron chi connectivity index (χ0n) is 22.6. The Labute approximate surface area is 212 Å². The summed E-state index contributed by atoms with van der Waals surface area (Å²) >= 11 is 0. The summed E-state index contributed by atoms with van der Waals surface area (Å²) in [7, 11) is 2.81. The molecule has 36 heavy (non-hydrogen) atoms. The van der Waals surface area contributed by atoms with Crippen molar-refractivity contribution in [3.8, 4) is 11.5 Å². The van der Waals surface area contributed by atoms with Crippen molar-refractivity contribution in [2.24, 2.45) is 11.7 Å². The molecule has 0 aliphatic carbocycles. The maximum absolute atomic E-state index is 13.5. The average molecular weight is 509 g/mol. The minimum Gasteiger partial charge on any atom is -0.493 e. The normalized spacial score (nSPS) is 16.2. The number of likely N-dealkylation sites (tertiary alicyclic amines) is 1. The molecule has 1 aromatic rings. The maximum Gasteiger partial charge on any atom is 0.415 e. The molecule has 3 amide bonds. The fourth-order valence-electron chi connectivity index (χ4n) is 4.00. The Morgan fingerprint density at radius 2 is 1.67 bits per heavy atom. The predicted octanol–water partition coefficient (Wildman–Crippen LogP) is 3.77. The summed E-state index contributed by atoms with van der Waals surface area (Å²) in [6.45, 7) is 11.7. The van der Waals surface area contributed by atoms with Crippen molar-refractivity contribution in [2.45, 2.75) is 65.6 Å². The zero-order chi connectivity index (χ0) is 27.4. The van der Waals surface area contributed by atoms with Crippen molar-refractivity contribution in [1.82, 2.24) is 4.90 Å². The van der Waals surface area contributed by atoms with Crippen LogP contribution in [0.1, 0.15) is 64.7 Å². The second-order valence-corrected chi connectivity index (χ2v) is 10.8. The van der Waals surface area contributed by atoms with Crippen LogP contribution in [0.3, 0.4) is 0 Å². The summed E-state index contributed by atoms with van der Waals surface area (Å²) in [5, 5.41) is 0. The van der Waals surface area contributed by atoms with Crippen molar-refractivity contribution in [3.63, 3.8) is 0 Å². The van der Waals surface area contributed by atoms with E-state index in [9.17, 15) is 14.4 Å². The zero-order valence-corrected chi connectivity index (χ0v) is 22.6. The number of rotatable bonds is 6. The van der Waals surface area contributed by atoms with Crippen LogP contribution in [0.15, 0.2) is 6.07 Å². The summed E-state index contributed by atoms with van der Waals surface area (Å²) in [4.78, 5) is 41.3. The van der Waals surface area contributed by atoms with Crippen LogP contribution in [0.5, 0.6) is 11.5 Å². The number of ether oxygens (including phenoxy) is 4. The summed E-state index contributed by atoms with van der Waals surface area (Å²) in [5.74, 6) is -0.576. The summed E-state index contributed by atoms with van der Waals surface area (Å²) in [6.07, 6.45) is 0.368. The highest BCUT2D eigenvalue weighted by Crippen LogP contribution is 2.45. The van der Waals surface area contributed by atoms with Gasteiger partial charge in [0.2, 0.25) is 0 Å². The van der Waals surface area contributed by atoms with Gasteiger partial charge in [-0.1, -0.05) is 0 Å². The van der Waals surface area contributed by atoms with Gasteiger partial charge >= 0.3 is 12.2 Å². The molecule has 1 aliphatic rings. The SMILES string of the molecule is COc1cc(C(N)=O)c(N)c(N(CC2CCCN(C(=O)OC(C)(C)C)C2)C(=O)OC(C)(C)C)c1OC. The van der Waals surface area contributed by atoms with Crippen molar-refractivity contribution in [3.05, 3.63) is 11.6 Å². The van der Waals surface area contributed by atoms with Crippen LogP contribution in [0.2, 0.25) is 0 Å². The van der Waals surface area contributed by atoms with Gasteiger partial charge in [-0.05, 0) is 66.4 Å². The van der Waals surface area contributed by atoms with E-state index in [1.165, 1.54) is 25.2 Å². The minimum absolute atomic E-state index is 0.0183. The Morgan fingerprint density at radius 1 is 1.06 bits per heavy atom. The largest absolute Gasteiger partial charge is 0.493 e. The first-order chi connectivity index (χ1) is 16.6. The highest BCUT2D eigenvalue weighted by atomic mass is 16.6. The average Bonchev–Trinajstić information content (AvgIpc) is 2.75. The number of amides is 3. The third kappa shape index (κ3) is 7.32. The summed E-state index contributed by atoms with van der Waals surface area (Å²) < 4.78 is 22.2. The second-order valence-electron chi connectivity index (χ2n) is 10.8. The van der Waals surface area contributed by atoms with Gasteiger partial charge in [0.05, 0.1) is 25.5 Å². The molecule has 0 radical (unpaired) electrons. The molecule has 1 aliphatic heterocycles. The molecule has 202 valence electrons. The number of primary amides is 1. The molecule has 1 atom stereocenters. The number of nitrogens with two attached hydrogens (primary N) is 2.